The number of thiophene rings is 1. The molecule has 0 unspecified atom stereocenters. The molecular formula is C26H21N5O2S. The minimum atomic E-state index is -0.275. The molecule has 8 heteroatoms. The van der Waals surface area contributed by atoms with Crippen LogP contribution in [0.25, 0.3) is 21.6 Å². The molecule has 0 spiro atoms. The van der Waals surface area contributed by atoms with E-state index in [9.17, 15) is 4.79 Å². The molecule has 1 aromatic carbocycles. The zero-order valence-electron chi connectivity index (χ0n) is 18.2. The van der Waals surface area contributed by atoms with E-state index in [2.05, 4.69) is 15.6 Å². The maximum atomic E-state index is 12.3. The number of aryl methyl sites for hydroxylation is 2. The molecule has 168 valence electrons. The van der Waals surface area contributed by atoms with E-state index in [4.69, 9.17) is 14.4 Å². The molecule has 34 heavy (non-hydrogen) atoms. The number of aromatic nitrogens is 3. The number of carbonyl (C=O) groups is 1. The Morgan fingerprint density at radius 1 is 1.09 bits per heavy atom. The molecule has 0 saturated carbocycles. The first-order valence-corrected chi connectivity index (χ1v) is 12.0. The number of benzene rings is 1. The number of nitrogens with zero attached hydrogens (tertiary/aromatic N) is 3. The molecule has 4 heterocycles. The van der Waals surface area contributed by atoms with Crippen LogP contribution >= 0.6 is 11.3 Å². The van der Waals surface area contributed by atoms with Crippen molar-refractivity contribution in [2.24, 2.45) is 0 Å². The number of anilines is 2. The Morgan fingerprint density at radius 2 is 2.06 bits per heavy atom. The summed E-state index contributed by atoms with van der Waals surface area (Å²) in [6, 6.07) is 15.0. The van der Waals surface area contributed by atoms with Gasteiger partial charge in [-0.2, -0.15) is 0 Å². The highest BCUT2D eigenvalue weighted by molar-refractivity contribution is 7.19. The van der Waals surface area contributed by atoms with Gasteiger partial charge in [-0.25, -0.2) is 9.97 Å². The Morgan fingerprint density at radius 3 is 2.91 bits per heavy atom. The van der Waals surface area contributed by atoms with Crippen molar-refractivity contribution in [3.8, 4) is 11.4 Å². The van der Waals surface area contributed by atoms with Gasteiger partial charge in [-0.15, -0.1) is 11.3 Å². The molecule has 0 atom stereocenters. The third kappa shape index (κ3) is 3.92. The van der Waals surface area contributed by atoms with Gasteiger partial charge in [-0.3, -0.25) is 9.78 Å². The number of carbonyl (C=O) groups excluding carboxylic acids is 1. The lowest BCUT2D eigenvalue weighted by Gasteiger charge is -2.11. The molecule has 7 nitrogen and oxygen atoms in total. The molecule has 0 aliphatic heterocycles. The summed E-state index contributed by atoms with van der Waals surface area (Å²) in [7, 11) is 0. The molecule has 0 saturated heterocycles. The standard InChI is InChI=1S/C26H21N5O2S/c32-25(20-9-4-12-33-20)29-18-7-1-5-16(13-18)14-28-24-22-19-8-2-10-21(19)34-26(22)31-23(30-24)17-6-3-11-27-15-17/h1,3-7,9,11-13,15H,2,8,10,14H2,(H,29,32)(H,28,30,31). The number of hydrogen-bond acceptors (Lipinski definition) is 7. The van der Waals surface area contributed by atoms with Crippen molar-refractivity contribution in [1.29, 1.82) is 0 Å². The summed E-state index contributed by atoms with van der Waals surface area (Å²) >= 11 is 1.77. The fraction of sp³-hybridized carbons (Fsp3) is 0.154. The average molecular weight is 468 g/mol. The third-order valence-corrected chi connectivity index (χ3v) is 7.06. The van der Waals surface area contributed by atoms with Gasteiger partial charge in [-0.05, 0) is 66.8 Å². The Balaban J connectivity index is 1.29. The van der Waals surface area contributed by atoms with Crippen LogP contribution in [0.1, 0.15) is 33.0 Å². The van der Waals surface area contributed by atoms with Crippen LogP contribution in [0.4, 0.5) is 11.5 Å². The summed E-state index contributed by atoms with van der Waals surface area (Å²) in [5.41, 5.74) is 4.00. The van der Waals surface area contributed by atoms with E-state index < -0.39 is 0 Å². The van der Waals surface area contributed by atoms with Crippen LogP contribution in [-0.4, -0.2) is 20.9 Å². The Hall–Kier alpha value is -4.04. The predicted octanol–water partition coefficient (Wildman–Crippen LogP) is 5.70. The monoisotopic (exact) mass is 467 g/mol. The van der Waals surface area contributed by atoms with Gasteiger partial charge in [0.25, 0.3) is 5.91 Å². The van der Waals surface area contributed by atoms with E-state index >= 15 is 0 Å². The van der Waals surface area contributed by atoms with Gasteiger partial charge in [-0.1, -0.05) is 12.1 Å². The van der Waals surface area contributed by atoms with Gasteiger partial charge in [0, 0.05) is 35.1 Å². The summed E-state index contributed by atoms with van der Waals surface area (Å²) in [4.78, 5) is 28.7. The van der Waals surface area contributed by atoms with Crippen molar-refractivity contribution in [2.75, 3.05) is 10.6 Å². The first-order chi connectivity index (χ1) is 16.7. The lowest BCUT2D eigenvalue weighted by Crippen LogP contribution is -2.11. The number of furan rings is 1. The highest BCUT2D eigenvalue weighted by atomic mass is 32.1. The Bertz CT molecular complexity index is 1480. The SMILES string of the molecule is O=C(Nc1cccc(CNc2nc(-c3cccnc3)nc3sc4c(c23)CCC4)c1)c1ccco1. The van der Waals surface area contributed by atoms with Crippen molar-refractivity contribution in [3.05, 3.63) is 89.0 Å². The van der Waals surface area contributed by atoms with Crippen molar-refractivity contribution in [3.63, 3.8) is 0 Å². The second kappa shape index (κ2) is 8.72. The molecule has 6 rings (SSSR count). The smallest absolute Gasteiger partial charge is 0.291 e. The van der Waals surface area contributed by atoms with E-state index in [0.717, 1.165) is 40.0 Å². The molecule has 0 bridgehead atoms. The molecule has 1 aliphatic rings. The van der Waals surface area contributed by atoms with Gasteiger partial charge in [0.15, 0.2) is 11.6 Å². The highest BCUT2D eigenvalue weighted by Gasteiger charge is 2.22. The first-order valence-electron chi connectivity index (χ1n) is 11.1. The lowest BCUT2D eigenvalue weighted by molar-refractivity contribution is 0.0996. The molecule has 0 radical (unpaired) electrons. The molecule has 1 aliphatic carbocycles. The molecule has 4 aromatic heterocycles. The van der Waals surface area contributed by atoms with Crippen molar-refractivity contribution in [2.45, 2.75) is 25.8 Å². The molecular weight excluding hydrogens is 446 g/mol. The lowest BCUT2D eigenvalue weighted by atomic mass is 10.1. The van der Waals surface area contributed by atoms with Crippen LogP contribution < -0.4 is 10.6 Å². The first kappa shape index (κ1) is 20.6. The van der Waals surface area contributed by atoms with Gasteiger partial charge in [0.05, 0.1) is 11.6 Å². The van der Waals surface area contributed by atoms with Crippen LogP contribution in [0.2, 0.25) is 0 Å². The molecule has 1 amide bonds. The van der Waals surface area contributed by atoms with Crippen molar-refractivity contribution < 1.29 is 9.21 Å². The predicted molar refractivity (Wildman–Crippen MR) is 133 cm³/mol. The fourth-order valence-electron chi connectivity index (χ4n) is 4.29. The average Bonchev–Trinajstić information content (AvgIpc) is 3.61. The van der Waals surface area contributed by atoms with E-state index in [-0.39, 0.29) is 11.7 Å². The van der Waals surface area contributed by atoms with Crippen LogP contribution in [0, 0.1) is 0 Å². The van der Waals surface area contributed by atoms with E-state index in [1.807, 2.05) is 36.4 Å². The normalized spacial score (nSPS) is 12.6. The van der Waals surface area contributed by atoms with Crippen molar-refractivity contribution >= 4 is 39.0 Å². The molecule has 2 N–H and O–H groups in total. The largest absolute Gasteiger partial charge is 0.459 e. The Labute approximate surface area is 199 Å². The quantitative estimate of drug-likeness (QED) is 0.333. The summed E-state index contributed by atoms with van der Waals surface area (Å²) in [5.74, 6) is 1.51. The molecule has 0 fully saturated rings. The fourth-order valence-corrected chi connectivity index (χ4v) is 5.55. The van der Waals surface area contributed by atoms with Gasteiger partial charge >= 0.3 is 0 Å². The Kier molecular flexibility index (Phi) is 5.27. The van der Waals surface area contributed by atoms with Crippen molar-refractivity contribution in [1.82, 2.24) is 15.0 Å². The zero-order chi connectivity index (χ0) is 22.9. The number of fused-ring (bicyclic) bond motifs is 3. The van der Waals surface area contributed by atoms with Crippen LogP contribution in [-0.2, 0) is 19.4 Å². The second-order valence-electron chi connectivity index (χ2n) is 8.16. The summed E-state index contributed by atoms with van der Waals surface area (Å²) in [6.45, 7) is 0.563. The highest BCUT2D eigenvalue weighted by Crippen LogP contribution is 2.40. The van der Waals surface area contributed by atoms with E-state index in [0.29, 0.717) is 18.1 Å². The van der Waals surface area contributed by atoms with Gasteiger partial charge in [0.2, 0.25) is 0 Å². The van der Waals surface area contributed by atoms with Gasteiger partial charge < -0.3 is 15.1 Å². The van der Waals surface area contributed by atoms with Crippen LogP contribution in [0.15, 0.2) is 71.6 Å². The maximum absolute atomic E-state index is 12.3. The summed E-state index contributed by atoms with van der Waals surface area (Å²) in [5, 5.41) is 7.56. The number of nitrogens with one attached hydrogen (secondary N) is 2. The number of hydrogen-bond donors (Lipinski definition) is 2. The number of amides is 1. The maximum Gasteiger partial charge on any atom is 0.291 e. The molecule has 5 aromatic rings. The van der Waals surface area contributed by atoms with E-state index in [1.54, 1.807) is 35.9 Å². The number of pyridine rings is 1. The summed E-state index contributed by atoms with van der Waals surface area (Å²) < 4.78 is 5.18. The van der Waals surface area contributed by atoms with E-state index in [1.165, 1.54) is 23.1 Å². The third-order valence-electron chi connectivity index (χ3n) is 5.87. The minimum Gasteiger partial charge on any atom is -0.459 e. The van der Waals surface area contributed by atoms with Gasteiger partial charge in [0.1, 0.15) is 10.6 Å². The second-order valence-corrected chi connectivity index (χ2v) is 9.24. The zero-order valence-corrected chi connectivity index (χ0v) is 19.1. The van der Waals surface area contributed by atoms with Crippen LogP contribution in [0.5, 0.6) is 0 Å². The minimum absolute atomic E-state index is 0.275. The topological polar surface area (TPSA) is 92.9 Å². The number of rotatable bonds is 6. The van der Waals surface area contributed by atoms with Crippen LogP contribution in [0.3, 0.4) is 0 Å². The summed E-state index contributed by atoms with van der Waals surface area (Å²) in [6.07, 6.45) is 8.37.